The Morgan fingerprint density at radius 3 is 2.30 bits per heavy atom. The molecule has 2 heterocycles. The fraction of sp³-hybridized carbons (Fsp3) is 0.550. The van der Waals surface area contributed by atoms with Crippen molar-refractivity contribution >= 4 is 27.9 Å². The number of likely N-dealkylation sites (tertiary alicyclic amines) is 1. The van der Waals surface area contributed by atoms with Crippen LogP contribution in [0.15, 0.2) is 18.2 Å². The first-order valence-electron chi connectivity index (χ1n) is 10.0. The summed E-state index contributed by atoms with van der Waals surface area (Å²) in [5.41, 5.74) is 0.947. The van der Waals surface area contributed by atoms with Crippen LogP contribution < -0.4 is 4.72 Å². The number of hydrogen-bond acceptors (Lipinski definition) is 5. The van der Waals surface area contributed by atoms with E-state index >= 15 is 0 Å². The van der Waals surface area contributed by atoms with Crippen LogP contribution in [-0.2, 0) is 10.2 Å². The summed E-state index contributed by atoms with van der Waals surface area (Å²) in [5.74, 6) is -0.763. The van der Waals surface area contributed by atoms with Gasteiger partial charge in [0, 0.05) is 45.3 Å². The Labute approximate surface area is 177 Å². The normalized spacial score (nSPS) is 17.9. The SMILES string of the molecule is CC(C)CN1C(=O)c2ccc(C(=O)N3CCC(NS(=O)(=O)N(C)C)CC3)cc2C1=O. The first-order valence-corrected chi connectivity index (χ1v) is 11.4. The number of nitrogens with one attached hydrogen (secondary N) is 1. The third-order valence-corrected chi connectivity index (χ3v) is 6.94. The maximum absolute atomic E-state index is 12.9. The molecule has 0 atom stereocenters. The molecule has 0 unspecified atom stereocenters. The molecule has 3 rings (SSSR count). The number of nitrogens with zero attached hydrogens (tertiary/aromatic N) is 3. The molecule has 1 N–H and O–H groups in total. The monoisotopic (exact) mass is 436 g/mol. The standard InChI is InChI=1S/C20H28N4O5S/c1-13(2)12-24-19(26)16-6-5-14(11-17(16)20(24)27)18(25)23-9-7-15(8-10-23)21-30(28,29)22(3)4/h5-6,11,13,15,21H,7-10,12H2,1-4H3. The van der Waals surface area contributed by atoms with Gasteiger partial charge in [0.15, 0.2) is 0 Å². The lowest BCUT2D eigenvalue weighted by molar-refractivity contribution is 0.0635. The van der Waals surface area contributed by atoms with Gasteiger partial charge < -0.3 is 4.90 Å². The Kier molecular flexibility index (Phi) is 6.30. The summed E-state index contributed by atoms with van der Waals surface area (Å²) in [4.78, 5) is 40.9. The number of fused-ring (bicyclic) bond motifs is 1. The van der Waals surface area contributed by atoms with E-state index in [9.17, 15) is 22.8 Å². The molecule has 1 saturated heterocycles. The smallest absolute Gasteiger partial charge is 0.279 e. The van der Waals surface area contributed by atoms with Gasteiger partial charge in [0.2, 0.25) is 0 Å². The number of carbonyl (C=O) groups excluding carboxylic acids is 3. The lowest BCUT2D eigenvalue weighted by atomic mass is 10.0. The van der Waals surface area contributed by atoms with Gasteiger partial charge in [-0.25, -0.2) is 0 Å². The van der Waals surface area contributed by atoms with E-state index < -0.39 is 10.2 Å². The Bertz CT molecular complexity index is 965. The van der Waals surface area contributed by atoms with Gasteiger partial charge in [-0.2, -0.15) is 17.4 Å². The summed E-state index contributed by atoms with van der Waals surface area (Å²) < 4.78 is 27.7. The molecule has 2 aliphatic rings. The highest BCUT2D eigenvalue weighted by Gasteiger charge is 2.36. The van der Waals surface area contributed by atoms with E-state index in [1.807, 2.05) is 13.8 Å². The van der Waals surface area contributed by atoms with Gasteiger partial charge in [0.05, 0.1) is 11.1 Å². The fourth-order valence-corrected chi connectivity index (χ4v) is 4.52. The molecule has 0 spiro atoms. The van der Waals surface area contributed by atoms with Crippen molar-refractivity contribution in [2.75, 3.05) is 33.7 Å². The van der Waals surface area contributed by atoms with Crippen molar-refractivity contribution in [2.24, 2.45) is 5.92 Å². The van der Waals surface area contributed by atoms with Crippen LogP contribution in [0.2, 0.25) is 0 Å². The van der Waals surface area contributed by atoms with Crippen molar-refractivity contribution < 1.29 is 22.8 Å². The van der Waals surface area contributed by atoms with E-state index in [1.165, 1.54) is 25.1 Å². The van der Waals surface area contributed by atoms with Crippen LogP contribution in [0.4, 0.5) is 0 Å². The molecule has 2 aliphatic heterocycles. The largest absolute Gasteiger partial charge is 0.339 e. The van der Waals surface area contributed by atoms with Crippen molar-refractivity contribution in [1.29, 1.82) is 0 Å². The second kappa shape index (κ2) is 8.44. The van der Waals surface area contributed by atoms with Gasteiger partial charge >= 0.3 is 0 Å². The van der Waals surface area contributed by atoms with Gasteiger partial charge in [0.1, 0.15) is 0 Å². The van der Waals surface area contributed by atoms with Gasteiger partial charge in [-0.05, 0) is 37.0 Å². The van der Waals surface area contributed by atoms with Crippen LogP contribution in [0.5, 0.6) is 0 Å². The topological polar surface area (TPSA) is 107 Å². The number of carbonyl (C=O) groups is 3. The lowest BCUT2D eigenvalue weighted by Gasteiger charge is -2.32. The molecule has 0 radical (unpaired) electrons. The van der Waals surface area contributed by atoms with E-state index in [4.69, 9.17) is 0 Å². The average molecular weight is 437 g/mol. The quantitative estimate of drug-likeness (QED) is 0.668. The van der Waals surface area contributed by atoms with Crippen LogP contribution in [0, 0.1) is 5.92 Å². The third-order valence-electron chi connectivity index (χ3n) is 5.34. The Hall–Kier alpha value is -2.30. The van der Waals surface area contributed by atoms with Gasteiger partial charge in [0.25, 0.3) is 27.9 Å². The Morgan fingerprint density at radius 2 is 1.73 bits per heavy atom. The van der Waals surface area contributed by atoms with E-state index in [2.05, 4.69) is 4.72 Å². The number of benzene rings is 1. The highest BCUT2D eigenvalue weighted by Crippen LogP contribution is 2.26. The van der Waals surface area contributed by atoms with Crippen LogP contribution in [-0.4, -0.2) is 80.0 Å². The minimum absolute atomic E-state index is 0.152. The van der Waals surface area contributed by atoms with Crippen molar-refractivity contribution in [1.82, 2.24) is 18.8 Å². The van der Waals surface area contributed by atoms with E-state index in [0.29, 0.717) is 43.6 Å². The number of imide groups is 1. The summed E-state index contributed by atoms with van der Waals surface area (Å²) in [6.07, 6.45) is 1.01. The minimum atomic E-state index is -3.51. The second-order valence-electron chi connectivity index (χ2n) is 8.35. The molecule has 30 heavy (non-hydrogen) atoms. The molecular weight excluding hydrogens is 408 g/mol. The van der Waals surface area contributed by atoms with E-state index in [1.54, 1.807) is 17.0 Å². The number of rotatable bonds is 6. The number of piperidine rings is 1. The Morgan fingerprint density at radius 1 is 1.13 bits per heavy atom. The van der Waals surface area contributed by atoms with Crippen LogP contribution in [0.25, 0.3) is 0 Å². The first kappa shape index (κ1) is 22.4. The first-order chi connectivity index (χ1) is 14.0. The molecule has 9 nitrogen and oxygen atoms in total. The molecule has 3 amide bonds. The average Bonchev–Trinajstić information content (AvgIpc) is 2.91. The van der Waals surface area contributed by atoms with Crippen LogP contribution in [0.3, 0.4) is 0 Å². The molecule has 1 aromatic rings. The molecule has 0 bridgehead atoms. The predicted molar refractivity (Wildman–Crippen MR) is 111 cm³/mol. The van der Waals surface area contributed by atoms with Crippen molar-refractivity contribution in [2.45, 2.75) is 32.7 Å². The zero-order valence-corrected chi connectivity index (χ0v) is 18.5. The highest BCUT2D eigenvalue weighted by atomic mass is 32.2. The van der Waals surface area contributed by atoms with Crippen LogP contribution in [0.1, 0.15) is 57.8 Å². The van der Waals surface area contributed by atoms with E-state index in [-0.39, 0.29) is 35.2 Å². The maximum Gasteiger partial charge on any atom is 0.279 e. The van der Waals surface area contributed by atoms with Crippen LogP contribution >= 0.6 is 0 Å². The predicted octanol–water partition coefficient (Wildman–Crippen LogP) is 0.939. The van der Waals surface area contributed by atoms with Gasteiger partial charge in [-0.1, -0.05) is 13.8 Å². The Balaban J connectivity index is 1.68. The second-order valence-corrected chi connectivity index (χ2v) is 10.3. The zero-order chi connectivity index (χ0) is 22.2. The van der Waals surface area contributed by atoms with Crippen molar-refractivity contribution in [3.05, 3.63) is 34.9 Å². The third kappa shape index (κ3) is 4.40. The summed E-state index contributed by atoms with van der Waals surface area (Å²) in [6, 6.07) is 4.39. The molecule has 1 fully saturated rings. The summed E-state index contributed by atoms with van der Waals surface area (Å²) in [5, 5.41) is 0. The molecule has 0 aliphatic carbocycles. The summed E-state index contributed by atoms with van der Waals surface area (Å²) >= 11 is 0. The fourth-order valence-electron chi connectivity index (χ4n) is 3.65. The van der Waals surface area contributed by atoms with Gasteiger partial charge in [-0.15, -0.1) is 0 Å². The lowest BCUT2D eigenvalue weighted by Crippen LogP contribution is -2.49. The summed E-state index contributed by atoms with van der Waals surface area (Å²) in [6.45, 7) is 5.01. The molecule has 0 saturated carbocycles. The number of hydrogen-bond donors (Lipinski definition) is 1. The molecular formula is C20H28N4O5S. The molecule has 1 aromatic carbocycles. The number of amides is 3. The molecule has 0 aromatic heterocycles. The van der Waals surface area contributed by atoms with Gasteiger partial charge in [-0.3, -0.25) is 19.3 Å². The maximum atomic E-state index is 12.9. The van der Waals surface area contributed by atoms with Crippen molar-refractivity contribution in [3.63, 3.8) is 0 Å². The molecule has 164 valence electrons. The zero-order valence-electron chi connectivity index (χ0n) is 17.7. The van der Waals surface area contributed by atoms with E-state index in [0.717, 1.165) is 4.31 Å². The summed E-state index contributed by atoms with van der Waals surface area (Å²) in [7, 11) is -0.591. The molecule has 10 heteroatoms. The highest BCUT2D eigenvalue weighted by molar-refractivity contribution is 7.87. The minimum Gasteiger partial charge on any atom is -0.339 e. The van der Waals surface area contributed by atoms with Crippen molar-refractivity contribution in [3.8, 4) is 0 Å².